The molecule has 1 aliphatic rings. The van der Waals surface area contributed by atoms with Crippen molar-refractivity contribution in [2.45, 2.75) is 44.6 Å². The molecule has 3 rings (SSSR count). The fraction of sp³-hybridized carbons (Fsp3) is 0.409. The maximum absolute atomic E-state index is 13.1. The van der Waals surface area contributed by atoms with Gasteiger partial charge in [0.05, 0.1) is 11.4 Å². The first-order chi connectivity index (χ1) is 13.6. The van der Waals surface area contributed by atoms with Gasteiger partial charge in [0, 0.05) is 31.5 Å². The monoisotopic (exact) mass is 415 g/mol. The van der Waals surface area contributed by atoms with Gasteiger partial charge in [0.2, 0.25) is 15.9 Å². The quantitative estimate of drug-likeness (QED) is 0.813. The minimum atomic E-state index is -3.55. The van der Waals surface area contributed by atoms with Crippen LogP contribution in [0.1, 0.15) is 30.0 Å². The Labute approximate surface area is 173 Å². The van der Waals surface area contributed by atoms with E-state index in [1.165, 1.54) is 24.0 Å². The second-order valence-corrected chi connectivity index (χ2v) is 9.99. The van der Waals surface area contributed by atoms with Gasteiger partial charge in [-0.15, -0.1) is 0 Å². The van der Waals surface area contributed by atoms with E-state index in [0.717, 1.165) is 29.7 Å². The van der Waals surface area contributed by atoms with Crippen molar-refractivity contribution in [1.82, 2.24) is 4.31 Å². The summed E-state index contributed by atoms with van der Waals surface area (Å²) in [6.45, 7) is 5.96. The average molecular weight is 416 g/mol. The van der Waals surface area contributed by atoms with Crippen LogP contribution in [-0.4, -0.2) is 45.3 Å². The summed E-state index contributed by atoms with van der Waals surface area (Å²) >= 11 is 0. The Balaban J connectivity index is 1.85. The zero-order valence-electron chi connectivity index (χ0n) is 17.7. The molecule has 156 valence electrons. The van der Waals surface area contributed by atoms with Crippen molar-refractivity contribution in [3.05, 3.63) is 53.1 Å². The number of carbonyl (C=O) groups is 1. The molecule has 0 aliphatic carbocycles. The minimum Gasteiger partial charge on any atom is -0.376 e. The molecule has 0 fully saturated rings. The van der Waals surface area contributed by atoms with Gasteiger partial charge in [-0.3, -0.25) is 4.79 Å². The number of hydrogen-bond acceptors (Lipinski definition) is 4. The molecule has 0 bridgehead atoms. The third-order valence-electron chi connectivity index (χ3n) is 5.64. The Morgan fingerprint density at radius 1 is 1.21 bits per heavy atom. The number of rotatable bonds is 5. The van der Waals surface area contributed by atoms with Gasteiger partial charge in [-0.25, -0.2) is 12.7 Å². The zero-order valence-corrected chi connectivity index (χ0v) is 18.5. The number of aryl methyl sites for hydroxylation is 2. The number of nitrogens with zero attached hydrogens (tertiary/aromatic N) is 2. The van der Waals surface area contributed by atoms with E-state index in [2.05, 4.69) is 18.3 Å². The molecule has 29 heavy (non-hydrogen) atoms. The van der Waals surface area contributed by atoms with E-state index in [1.807, 2.05) is 36.9 Å². The summed E-state index contributed by atoms with van der Waals surface area (Å²) < 4.78 is 26.3. The molecule has 0 saturated heterocycles. The highest BCUT2D eigenvalue weighted by molar-refractivity contribution is 7.89. The van der Waals surface area contributed by atoms with Gasteiger partial charge in [-0.2, -0.15) is 0 Å². The molecule has 1 amide bonds. The van der Waals surface area contributed by atoms with Gasteiger partial charge in [0.15, 0.2) is 0 Å². The molecule has 0 spiro atoms. The van der Waals surface area contributed by atoms with Crippen LogP contribution in [0.15, 0.2) is 41.3 Å². The van der Waals surface area contributed by atoms with Crippen molar-refractivity contribution in [2.24, 2.45) is 0 Å². The van der Waals surface area contributed by atoms with Gasteiger partial charge in [0.1, 0.15) is 0 Å². The summed E-state index contributed by atoms with van der Waals surface area (Å²) in [5.41, 5.74) is 4.61. The van der Waals surface area contributed by atoms with Crippen molar-refractivity contribution < 1.29 is 13.2 Å². The molecule has 0 saturated carbocycles. The van der Waals surface area contributed by atoms with Gasteiger partial charge in [0.25, 0.3) is 0 Å². The molecule has 1 N–H and O–H groups in total. The van der Waals surface area contributed by atoms with Crippen molar-refractivity contribution in [2.75, 3.05) is 30.9 Å². The van der Waals surface area contributed by atoms with Crippen LogP contribution >= 0.6 is 0 Å². The van der Waals surface area contributed by atoms with E-state index in [0.29, 0.717) is 5.69 Å². The van der Waals surface area contributed by atoms with E-state index in [-0.39, 0.29) is 23.4 Å². The first-order valence-corrected chi connectivity index (χ1v) is 11.2. The molecule has 0 aromatic heterocycles. The van der Waals surface area contributed by atoms with Crippen LogP contribution in [0.4, 0.5) is 11.4 Å². The normalized spacial score (nSPS) is 16.6. The Morgan fingerprint density at radius 3 is 2.59 bits per heavy atom. The molecule has 1 heterocycles. The van der Waals surface area contributed by atoms with Gasteiger partial charge in [-0.1, -0.05) is 18.2 Å². The second kappa shape index (κ2) is 8.16. The van der Waals surface area contributed by atoms with Crippen LogP contribution in [0.25, 0.3) is 0 Å². The van der Waals surface area contributed by atoms with Crippen LogP contribution < -0.4 is 10.2 Å². The van der Waals surface area contributed by atoms with Crippen LogP contribution in [0, 0.1) is 13.8 Å². The molecule has 2 aromatic rings. The first-order valence-electron chi connectivity index (χ1n) is 9.80. The summed E-state index contributed by atoms with van der Waals surface area (Å²) in [6, 6.07) is 11.4. The summed E-state index contributed by atoms with van der Waals surface area (Å²) in [7, 11) is -0.528. The van der Waals surface area contributed by atoms with Crippen molar-refractivity contribution in [3.8, 4) is 0 Å². The maximum atomic E-state index is 13.1. The lowest BCUT2D eigenvalue weighted by Crippen LogP contribution is -2.44. The van der Waals surface area contributed by atoms with E-state index >= 15 is 0 Å². The van der Waals surface area contributed by atoms with Crippen LogP contribution in [0.3, 0.4) is 0 Å². The number of para-hydroxylation sites is 1. The number of sulfonamides is 1. The Morgan fingerprint density at radius 2 is 1.90 bits per heavy atom. The van der Waals surface area contributed by atoms with Crippen LogP contribution in [-0.2, 0) is 21.2 Å². The molecular weight excluding hydrogens is 386 g/mol. The Bertz CT molecular complexity index is 1030. The standard InChI is InChI=1S/C22H29N3O3S/c1-15-12-19(29(27,28)24(4)5)13-20(17(15)3)23-14-22(26)25-16(2)10-11-18-8-6-7-9-21(18)25/h6-9,12-13,16,23H,10-11,14H2,1-5H3. The Hall–Kier alpha value is -2.38. The van der Waals surface area contributed by atoms with E-state index in [9.17, 15) is 13.2 Å². The smallest absolute Gasteiger partial charge is 0.246 e. The summed E-state index contributed by atoms with van der Waals surface area (Å²) in [6.07, 6.45) is 1.90. The largest absolute Gasteiger partial charge is 0.376 e. The molecule has 1 unspecified atom stereocenters. The number of carbonyl (C=O) groups excluding carboxylic acids is 1. The number of nitrogens with one attached hydrogen (secondary N) is 1. The van der Waals surface area contributed by atoms with Crippen LogP contribution in [0.5, 0.6) is 0 Å². The average Bonchev–Trinajstić information content (AvgIpc) is 2.68. The second-order valence-electron chi connectivity index (χ2n) is 7.83. The van der Waals surface area contributed by atoms with Crippen LogP contribution in [0.2, 0.25) is 0 Å². The molecule has 1 aliphatic heterocycles. The highest BCUT2D eigenvalue weighted by atomic mass is 32.2. The third kappa shape index (κ3) is 4.16. The highest BCUT2D eigenvalue weighted by Gasteiger charge is 2.28. The van der Waals surface area contributed by atoms with E-state index < -0.39 is 10.0 Å². The highest BCUT2D eigenvalue weighted by Crippen LogP contribution is 2.31. The molecule has 7 heteroatoms. The maximum Gasteiger partial charge on any atom is 0.246 e. The Kier molecular flexibility index (Phi) is 6.00. The van der Waals surface area contributed by atoms with E-state index in [1.54, 1.807) is 12.1 Å². The lowest BCUT2D eigenvalue weighted by atomic mass is 9.96. The minimum absolute atomic E-state index is 0.0254. The third-order valence-corrected chi connectivity index (χ3v) is 7.43. The summed E-state index contributed by atoms with van der Waals surface area (Å²) in [5, 5.41) is 3.18. The summed E-state index contributed by atoms with van der Waals surface area (Å²) in [5.74, 6) is -0.0254. The predicted molar refractivity (Wildman–Crippen MR) is 117 cm³/mol. The number of hydrogen-bond donors (Lipinski definition) is 1. The number of benzene rings is 2. The number of amides is 1. The first kappa shape index (κ1) is 21.3. The predicted octanol–water partition coefficient (Wildman–Crippen LogP) is 3.33. The van der Waals surface area contributed by atoms with Gasteiger partial charge < -0.3 is 10.2 Å². The lowest BCUT2D eigenvalue weighted by Gasteiger charge is -2.35. The molecule has 0 radical (unpaired) electrons. The number of fused-ring (bicyclic) bond motifs is 1. The van der Waals surface area contributed by atoms with E-state index in [4.69, 9.17) is 0 Å². The molecular formula is C22H29N3O3S. The van der Waals surface area contributed by atoms with Crippen molar-refractivity contribution in [3.63, 3.8) is 0 Å². The van der Waals surface area contributed by atoms with Crippen molar-refractivity contribution in [1.29, 1.82) is 0 Å². The topological polar surface area (TPSA) is 69.7 Å². The molecule has 6 nitrogen and oxygen atoms in total. The van der Waals surface area contributed by atoms with Gasteiger partial charge in [-0.05, 0) is 68.5 Å². The SMILES string of the molecule is Cc1cc(S(=O)(=O)N(C)C)cc(NCC(=O)N2c3ccccc3CCC2C)c1C. The fourth-order valence-corrected chi connectivity index (χ4v) is 4.71. The molecule has 1 atom stereocenters. The lowest BCUT2D eigenvalue weighted by molar-refractivity contribution is -0.117. The number of anilines is 2. The molecule has 2 aromatic carbocycles. The fourth-order valence-electron chi connectivity index (χ4n) is 3.69. The summed E-state index contributed by atoms with van der Waals surface area (Å²) in [4.78, 5) is 15.1. The van der Waals surface area contributed by atoms with Crippen molar-refractivity contribution >= 4 is 27.3 Å². The van der Waals surface area contributed by atoms with Gasteiger partial charge >= 0.3 is 0 Å². The zero-order chi connectivity index (χ0) is 21.3.